The number of fused-ring (bicyclic) bond motifs is 1. The van der Waals surface area contributed by atoms with Gasteiger partial charge in [0.2, 0.25) is 0 Å². The van der Waals surface area contributed by atoms with Gasteiger partial charge in [-0.15, -0.1) is 0 Å². The summed E-state index contributed by atoms with van der Waals surface area (Å²) < 4.78 is 19.4. The number of para-hydroxylation sites is 1. The van der Waals surface area contributed by atoms with Crippen LogP contribution in [0.1, 0.15) is 17.0 Å². The summed E-state index contributed by atoms with van der Waals surface area (Å²) in [7, 11) is 0. The molecule has 1 aliphatic rings. The van der Waals surface area contributed by atoms with Crippen LogP contribution in [0.5, 0.6) is 5.75 Å². The van der Waals surface area contributed by atoms with Crippen molar-refractivity contribution in [1.29, 1.82) is 0 Å². The first-order chi connectivity index (χ1) is 9.66. The number of halogens is 2. The van der Waals surface area contributed by atoms with Crippen molar-refractivity contribution in [3.63, 3.8) is 0 Å². The standard InChI is InChI=1S/C16H15ClFNO/c17-13-5-3-6-14(18)11(13)8-15(19)12-9-20-16-7-2-1-4-10(12)16/h1-7,12,15H,8-9,19H2. The molecule has 0 fully saturated rings. The molecule has 2 aromatic rings. The summed E-state index contributed by atoms with van der Waals surface area (Å²) in [6, 6.07) is 12.3. The quantitative estimate of drug-likeness (QED) is 0.939. The topological polar surface area (TPSA) is 35.2 Å². The van der Waals surface area contributed by atoms with Gasteiger partial charge >= 0.3 is 0 Å². The normalized spacial score (nSPS) is 18.4. The van der Waals surface area contributed by atoms with Gasteiger partial charge in [-0.25, -0.2) is 4.39 Å². The lowest BCUT2D eigenvalue weighted by molar-refractivity contribution is 0.313. The molecule has 2 atom stereocenters. The molecule has 3 rings (SSSR count). The van der Waals surface area contributed by atoms with Gasteiger partial charge in [0, 0.05) is 28.1 Å². The molecule has 0 amide bonds. The maximum absolute atomic E-state index is 13.8. The number of hydrogen-bond donors (Lipinski definition) is 1. The number of ether oxygens (including phenoxy) is 1. The lowest BCUT2D eigenvalue weighted by Crippen LogP contribution is -2.32. The van der Waals surface area contributed by atoms with Crippen LogP contribution in [-0.2, 0) is 6.42 Å². The maximum Gasteiger partial charge on any atom is 0.127 e. The summed E-state index contributed by atoms with van der Waals surface area (Å²) in [5.74, 6) is 0.634. The summed E-state index contributed by atoms with van der Waals surface area (Å²) in [6.45, 7) is 0.534. The van der Waals surface area contributed by atoms with E-state index in [2.05, 4.69) is 0 Å². The molecular weight excluding hydrogens is 277 g/mol. The average Bonchev–Trinajstić information content (AvgIpc) is 2.87. The van der Waals surface area contributed by atoms with Gasteiger partial charge < -0.3 is 10.5 Å². The molecule has 2 N–H and O–H groups in total. The molecule has 0 bridgehead atoms. The molecule has 1 heterocycles. The van der Waals surface area contributed by atoms with Gasteiger partial charge in [-0.2, -0.15) is 0 Å². The van der Waals surface area contributed by atoms with Crippen molar-refractivity contribution in [3.05, 3.63) is 64.4 Å². The van der Waals surface area contributed by atoms with Gasteiger partial charge in [0.05, 0.1) is 6.61 Å². The van der Waals surface area contributed by atoms with Crippen molar-refractivity contribution < 1.29 is 9.13 Å². The minimum atomic E-state index is -0.305. The summed E-state index contributed by atoms with van der Waals surface area (Å²) in [6.07, 6.45) is 0.397. The summed E-state index contributed by atoms with van der Waals surface area (Å²) >= 11 is 6.05. The highest BCUT2D eigenvalue weighted by atomic mass is 35.5. The molecule has 4 heteroatoms. The van der Waals surface area contributed by atoms with Crippen LogP contribution in [0.4, 0.5) is 4.39 Å². The minimum absolute atomic E-state index is 0.0712. The van der Waals surface area contributed by atoms with Crippen LogP contribution in [0.15, 0.2) is 42.5 Å². The highest BCUT2D eigenvalue weighted by Crippen LogP contribution is 2.36. The predicted molar refractivity (Wildman–Crippen MR) is 77.8 cm³/mol. The predicted octanol–water partition coefficient (Wildman–Crippen LogP) is 3.53. The van der Waals surface area contributed by atoms with Crippen LogP contribution < -0.4 is 10.5 Å². The van der Waals surface area contributed by atoms with Crippen molar-refractivity contribution in [2.24, 2.45) is 5.73 Å². The Morgan fingerprint density at radius 2 is 2.05 bits per heavy atom. The molecular formula is C16H15ClFNO. The molecule has 20 heavy (non-hydrogen) atoms. The van der Waals surface area contributed by atoms with Crippen LogP contribution in [0.2, 0.25) is 5.02 Å². The highest BCUT2D eigenvalue weighted by Gasteiger charge is 2.29. The van der Waals surface area contributed by atoms with E-state index in [1.165, 1.54) is 6.07 Å². The molecule has 2 unspecified atom stereocenters. The SMILES string of the molecule is NC(Cc1c(F)cccc1Cl)C1COc2ccccc21. The molecule has 1 aliphatic heterocycles. The zero-order valence-electron chi connectivity index (χ0n) is 10.9. The van der Waals surface area contributed by atoms with Gasteiger partial charge in [-0.05, 0) is 24.6 Å². The van der Waals surface area contributed by atoms with E-state index in [0.29, 0.717) is 23.6 Å². The zero-order chi connectivity index (χ0) is 14.1. The smallest absolute Gasteiger partial charge is 0.127 e. The number of hydrogen-bond acceptors (Lipinski definition) is 2. The first-order valence-electron chi connectivity index (χ1n) is 6.57. The van der Waals surface area contributed by atoms with Gasteiger partial charge in [0.25, 0.3) is 0 Å². The van der Waals surface area contributed by atoms with Crippen LogP contribution in [-0.4, -0.2) is 12.6 Å². The number of benzene rings is 2. The Kier molecular flexibility index (Phi) is 3.64. The van der Waals surface area contributed by atoms with Crippen LogP contribution in [0.3, 0.4) is 0 Å². The van der Waals surface area contributed by atoms with Gasteiger partial charge in [0.1, 0.15) is 11.6 Å². The third-order valence-electron chi connectivity index (χ3n) is 3.76. The van der Waals surface area contributed by atoms with Crippen LogP contribution in [0.25, 0.3) is 0 Å². The molecule has 104 valence electrons. The third-order valence-corrected chi connectivity index (χ3v) is 4.11. The molecule has 0 aromatic heterocycles. The first kappa shape index (κ1) is 13.4. The molecule has 0 saturated heterocycles. The van der Waals surface area contributed by atoms with E-state index in [0.717, 1.165) is 11.3 Å². The van der Waals surface area contributed by atoms with Crippen LogP contribution >= 0.6 is 11.6 Å². The average molecular weight is 292 g/mol. The fourth-order valence-electron chi connectivity index (χ4n) is 2.65. The van der Waals surface area contributed by atoms with Crippen molar-refractivity contribution in [1.82, 2.24) is 0 Å². The van der Waals surface area contributed by atoms with Gasteiger partial charge in [-0.3, -0.25) is 0 Å². The van der Waals surface area contributed by atoms with Crippen molar-refractivity contribution in [3.8, 4) is 5.75 Å². The molecule has 0 saturated carbocycles. The highest BCUT2D eigenvalue weighted by molar-refractivity contribution is 6.31. The molecule has 2 aromatic carbocycles. The Labute approximate surface area is 122 Å². The summed E-state index contributed by atoms with van der Waals surface area (Å²) in [5.41, 5.74) is 7.83. The first-order valence-corrected chi connectivity index (χ1v) is 6.95. The van der Waals surface area contributed by atoms with E-state index in [4.69, 9.17) is 22.1 Å². The van der Waals surface area contributed by atoms with E-state index in [1.807, 2.05) is 24.3 Å². The Hall–Kier alpha value is -1.58. The van der Waals surface area contributed by atoms with Crippen molar-refractivity contribution >= 4 is 11.6 Å². The van der Waals surface area contributed by atoms with E-state index in [1.54, 1.807) is 12.1 Å². The fourth-order valence-corrected chi connectivity index (χ4v) is 2.89. The zero-order valence-corrected chi connectivity index (χ0v) is 11.6. The molecule has 0 aliphatic carbocycles. The van der Waals surface area contributed by atoms with Gasteiger partial charge in [0.15, 0.2) is 0 Å². The van der Waals surface area contributed by atoms with Crippen molar-refractivity contribution in [2.45, 2.75) is 18.4 Å². The van der Waals surface area contributed by atoms with E-state index >= 15 is 0 Å². The number of nitrogens with two attached hydrogens (primary N) is 1. The fraction of sp³-hybridized carbons (Fsp3) is 0.250. The van der Waals surface area contributed by atoms with E-state index in [-0.39, 0.29) is 17.8 Å². The van der Waals surface area contributed by atoms with Crippen LogP contribution in [0, 0.1) is 5.82 Å². The van der Waals surface area contributed by atoms with E-state index < -0.39 is 0 Å². The Balaban J connectivity index is 1.83. The minimum Gasteiger partial charge on any atom is -0.493 e. The number of rotatable bonds is 3. The Morgan fingerprint density at radius 3 is 2.85 bits per heavy atom. The maximum atomic E-state index is 13.8. The van der Waals surface area contributed by atoms with E-state index in [9.17, 15) is 4.39 Å². The van der Waals surface area contributed by atoms with Gasteiger partial charge in [-0.1, -0.05) is 35.9 Å². The molecule has 2 nitrogen and oxygen atoms in total. The summed E-state index contributed by atoms with van der Waals surface area (Å²) in [4.78, 5) is 0. The van der Waals surface area contributed by atoms with Crippen molar-refractivity contribution in [2.75, 3.05) is 6.61 Å². The Morgan fingerprint density at radius 1 is 1.25 bits per heavy atom. The summed E-state index contributed by atoms with van der Waals surface area (Å²) in [5, 5.41) is 0.424. The Bertz CT molecular complexity index is 611. The third kappa shape index (κ3) is 2.39. The second kappa shape index (κ2) is 5.43. The molecule has 0 spiro atoms. The largest absolute Gasteiger partial charge is 0.493 e. The second-order valence-electron chi connectivity index (χ2n) is 5.02. The lowest BCUT2D eigenvalue weighted by atomic mass is 9.89. The monoisotopic (exact) mass is 291 g/mol. The second-order valence-corrected chi connectivity index (χ2v) is 5.43. The molecule has 0 radical (unpaired) electrons. The lowest BCUT2D eigenvalue weighted by Gasteiger charge is -2.19.